The minimum absolute atomic E-state index is 0.351. The third kappa shape index (κ3) is 2.27. The van der Waals surface area contributed by atoms with Crippen LogP contribution in [0.3, 0.4) is 0 Å². The molecule has 0 N–H and O–H groups in total. The molecule has 0 aliphatic heterocycles. The van der Waals surface area contributed by atoms with Gasteiger partial charge in [-0.1, -0.05) is 11.6 Å². The van der Waals surface area contributed by atoms with E-state index in [0.717, 1.165) is 10.6 Å². The standard InChI is InChI=1S/C14H7ClN4S/c15-13-12(11-9(7-16)3-2-6-18-11)20-14(19-13)10-4-1-5-17-8-10/h1-6,8H. The Labute approximate surface area is 124 Å². The molecule has 3 rings (SSSR count). The van der Waals surface area contributed by atoms with E-state index in [0.29, 0.717) is 21.3 Å². The fraction of sp³-hybridized carbons (Fsp3) is 0. The van der Waals surface area contributed by atoms with E-state index in [1.807, 2.05) is 12.1 Å². The summed E-state index contributed by atoms with van der Waals surface area (Å²) in [5, 5.41) is 10.2. The van der Waals surface area contributed by atoms with Crippen molar-refractivity contribution in [2.24, 2.45) is 0 Å². The third-order valence-electron chi connectivity index (χ3n) is 2.64. The Morgan fingerprint density at radius 2 is 2.05 bits per heavy atom. The van der Waals surface area contributed by atoms with Crippen molar-refractivity contribution in [2.45, 2.75) is 0 Å². The Bertz CT molecular complexity index is 792. The van der Waals surface area contributed by atoms with Crippen molar-refractivity contribution in [1.82, 2.24) is 15.0 Å². The highest BCUT2D eigenvalue weighted by atomic mass is 35.5. The van der Waals surface area contributed by atoms with Gasteiger partial charge in [-0.15, -0.1) is 11.3 Å². The fourth-order valence-corrected chi connectivity index (χ4v) is 3.03. The predicted molar refractivity (Wildman–Crippen MR) is 78.3 cm³/mol. The monoisotopic (exact) mass is 298 g/mol. The van der Waals surface area contributed by atoms with Crippen LogP contribution in [0.2, 0.25) is 5.15 Å². The second kappa shape index (κ2) is 5.37. The molecule has 20 heavy (non-hydrogen) atoms. The van der Waals surface area contributed by atoms with Crippen LogP contribution >= 0.6 is 22.9 Å². The number of pyridine rings is 2. The van der Waals surface area contributed by atoms with Gasteiger partial charge in [-0.3, -0.25) is 9.97 Å². The van der Waals surface area contributed by atoms with Gasteiger partial charge >= 0.3 is 0 Å². The molecule has 3 heterocycles. The Morgan fingerprint density at radius 1 is 1.20 bits per heavy atom. The van der Waals surface area contributed by atoms with Crippen molar-refractivity contribution in [2.75, 3.05) is 0 Å². The highest BCUT2D eigenvalue weighted by Gasteiger charge is 2.16. The van der Waals surface area contributed by atoms with Gasteiger partial charge in [0.1, 0.15) is 21.9 Å². The Morgan fingerprint density at radius 3 is 2.80 bits per heavy atom. The Hall–Kier alpha value is -2.29. The van der Waals surface area contributed by atoms with Crippen molar-refractivity contribution >= 4 is 22.9 Å². The summed E-state index contributed by atoms with van der Waals surface area (Å²) in [7, 11) is 0. The lowest BCUT2D eigenvalue weighted by Gasteiger charge is -1.98. The molecule has 0 saturated carbocycles. The van der Waals surface area contributed by atoms with Crippen LogP contribution in [0.5, 0.6) is 0 Å². The van der Waals surface area contributed by atoms with E-state index in [2.05, 4.69) is 21.0 Å². The molecule has 0 aliphatic carbocycles. The van der Waals surface area contributed by atoms with Gasteiger partial charge < -0.3 is 0 Å². The highest BCUT2D eigenvalue weighted by Crippen LogP contribution is 2.38. The van der Waals surface area contributed by atoms with Crippen molar-refractivity contribution < 1.29 is 0 Å². The molecule has 4 nitrogen and oxygen atoms in total. The molecule has 0 unspecified atom stereocenters. The van der Waals surface area contributed by atoms with Crippen LogP contribution in [-0.4, -0.2) is 15.0 Å². The van der Waals surface area contributed by atoms with Gasteiger partial charge in [-0.2, -0.15) is 5.26 Å². The first kappa shape index (κ1) is 12.7. The Balaban J connectivity index is 2.13. The maximum Gasteiger partial charge on any atom is 0.150 e. The molecule has 0 saturated heterocycles. The van der Waals surface area contributed by atoms with Crippen LogP contribution in [0.4, 0.5) is 0 Å². The maximum atomic E-state index is 9.14. The lowest BCUT2D eigenvalue weighted by atomic mass is 10.2. The van der Waals surface area contributed by atoms with Gasteiger partial charge in [-0.05, 0) is 24.3 Å². The first-order valence-electron chi connectivity index (χ1n) is 5.72. The van der Waals surface area contributed by atoms with Crippen LogP contribution in [0.25, 0.3) is 21.1 Å². The first-order valence-corrected chi connectivity index (χ1v) is 6.91. The van der Waals surface area contributed by atoms with Gasteiger partial charge in [0, 0.05) is 24.2 Å². The molecule has 3 aromatic rings. The molecule has 0 aliphatic rings. The zero-order valence-corrected chi connectivity index (χ0v) is 11.7. The molecule has 0 fully saturated rings. The van der Waals surface area contributed by atoms with E-state index >= 15 is 0 Å². The molecule has 0 amide bonds. The van der Waals surface area contributed by atoms with E-state index in [9.17, 15) is 0 Å². The molecule has 0 spiro atoms. The zero-order chi connectivity index (χ0) is 13.9. The second-order valence-corrected chi connectivity index (χ2v) is 5.25. The largest absolute Gasteiger partial charge is 0.264 e. The number of rotatable bonds is 2. The van der Waals surface area contributed by atoms with Crippen LogP contribution < -0.4 is 0 Å². The summed E-state index contributed by atoms with van der Waals surface area (Å²) in [5.41, 5.74) is 1.93. The summed E-state index contributed by atoms with van der Waals surface area (Å²) < 4.78 is 0. The molecule has 0 atom stereocenters. The normalized spacial score (nSPS) is 10.2. The Kier molecular flexibility index (Phi) is 3.42. The van der Waals surface area contributed by atoms with Crippen LogP contribution in [0.1, 0.15) is 5.56 Å². The van der Waals surface area contributed by atoms with Gasteiger partial charge in [0.15, 0.2) is 0 Å². The summed E-state index contributed by atoms with van der Waals surface area (Å²) >= 11 is 7.59. The molecule has 0 aromatic carbocycles. The number of nitriles is 1. The average Bonchev–Trinajstić information content (AvgIpc) is 2.90. The van der Waals surface area contributed by atoms with E-state index in [4.69, 9.17) is 16.9 Å². The van der Waals surface area contributed by atoms with Gasteiger partial charge in [0.25, 0.3) is 0 Å². The summed E-state index contributed by atoms with van der Waals surface area (Å²) in [5.74, 6) is 0. The summed E-state index contributed by atoms with van der Waals surface area (Å²) in [6.45, 7) is 0. The second-order valence-electron chi connectivity index (χ2n) is 3.89. The van der Waals surface area contributed by atoms with Gasteiger partial charge in [0.2, 0.25) is 0 Å². The van der Waals surface area contributed by atoms with E-state index < -0.39 is 0 Å². The lowest BCUT2D eigenvalue weighted by Crippen LogP contribution is -1.85. The van der Waals surface area contributed by atoms with Crippen molar-refractivity contribution in [1.29, 1.82) is 5.26 Å². The summed E-state index contributed by atoms with van der Waals surface area (Å²) in [6.07, 6.45) is 5.06. The van der Waals surface area contributed by atoms with Crippen LogP contribution in [-0.2, 0) is 0 Å². The van der Waals surface area contributed by atoms with Gasteiger partial charge in [-0.25, -0.2) is 4.98 Å². The SMILES string of the molecule is N#Cc1cccnc1-c1sc(-c2cccnc2)nc1Cl. The van der Waals surface area contributed by atoms with Crippen LogP contribution in [0, 0.1) is 11.3 Å². The molecule has 6 heteroatoms. The number of thiazole rings is 1. The van der Waals surface area contributed by atoms with Crippen LogP contribution in [0.15, 0.2) is 42.9 Å². The first-order chi connectivity index (χ1) is 9.79. The summed E-state index contributed by atoms with van der Waals surface area (Å²) in [4.78, 5) is 13.3. The van der Waals surface area contributed by atoms with Crippen molar-refractivity contribution in [3.05, 3.63) is 53.6 Å². The average molecular weight is 299 g/mol. The minimum Gasteiger partial charge on any atom is -0.264 e. The minimum atomic E-state index is 0.351. The molecular weight excluding hydrogens is 292 g/mol. The molecular formula is C14H7ClN4S. The molecule has 3 aromatic heterocycles. The highest BCUT2D eigenvalue weighted by molar-refractivity contribution is 7.19. The topological polar surface area (TPSA) is 62.5 Å². The predicted octanol–water partition coefficient (Wildman–Crippen LogP) is 3.79. The molecule has 96 valence electrons. The number of halogens is 1. The van der Waals surface area contributed by atoms with E-state index in [1.54, 1.807) is 30.7 Å². The fourth-order valence-electron chi connectivity index (χ4n) is 1.74. The molecule has 0 radical (unpaired) electrons. The quantitative estimate of drug-likeness (QED) is 0.722. The smallest absolute Gasteiger partial charge is 0.150 e. The summed E-state index contributed by atoms with van der Waals surface area (Å²) in [6, 6.07) is 9.30. The van der Waals surface area contributed by atoms with Crippen molar-refractivity contribution in [3.63, 3.8) is 0 Å². The number of nitrogens with zero attached hydrogens (tertiary/aromatic N) is 4. The van der Waals surface area contributed by atoms with E-state index in [1.165, 1.54) is 11.3 Å². The zero-order valence-electron chi connectivity index (χ0n) is 10.1. The number of hydrogen-bond acceptors (Lipinski definition) is 5. The van der Waals surface area contributed by atoms with Crippen molar-refractivity contribution in [3.8, 4) is 27.2 Å². The maximum absolute atomic E-state index is 9.14. The lowest BCUT2D eigenvalue weighted by molar-refractivity contribution is 1.30. The molecule has 0 bridgehead atoms. The third-order valence-corrected chi connectivity index (χ3v) is 4.13. The number of aromatic nitrogens is 3. The number of hydrogen-bond donors (Lipinski definition) is 0. The van der Waals surface area contributed by atoms with E-state index in [-0.39, 0.29) is 0 Å². The van der Waals surface area contributed by atoms with Gasteiger partial charge in [0.05, 0.1) is 10.4 Å².